The molecule has 0 fully saturated rings. The van der Waals surface area contributed by atoms with Crippen molar-refractivity contribution in [1.29, 1.82) is 0 Å². The fraction of sp³-hybridized carbons (Fsp3) is 0.0952. The Morgan fingerprint density at radius 2 is 1.69 bits per heavy atom. The van der Waals surface area contributed by atoms with E-state index in [4.69, 9.17) is 27.9 Å². The lowest BCUT2D eigenvalue weighted by atomic mass is 10.1. The number of amides is 1. The number of benzene rings is 3. The Kier molecular flexibility index (Phi) is 5.82. The highest BCUT2D eigenvalue weighted by Gasteiger charge is 2.09. The van der Waals surface area contributed by atoms with Crippen LogP contribution in [0.5, 0.6) is 5.75 Å². The van der Waals surface area contributed by atoms with E-state index in [2.05, 4.69) is 5.32 Å². The van der Waals surface area contributed by atoms with Crippen molar-refractivity contribution >= 4 is 34.8 Å². The maximum Gasteiger partial charge on any atom is 0.262 e. The Morgan fingerprint density at radius 3 is 2.38 bits per heavy atom. The van der Waals surface area contributed by atoms with Crippen molar-refractivity contribution < 1.29 is 9.53 Å². The van der Waals surface area contributed by atoms with Crippen LogP contribution in [0.3, 0.4) is 0 Å². The molecular formula is C21H17Cl2NO2. The van der Waals surface area contributed by atoms with Crippen molar-refractivity contribution in [2.24, 2.45) is 0 Å². The Labute approximate surface area is 162 Å². The highest BCUT2D eigenvalue weighted by atomic mass is 35.5. The van der Waals surface area contributed by atoms with Crippen LogP contribution in [0.2, 0.25) is 10.0 Å². The summed E-state index contributed by atoms with van der Waals surface area (Å²) < 4.78 is 5.54. The molecule has 0 aromatic heterocycles. The van der Waals surface area contributed by atoms with E-state index < -0.39 is 0 Å². The lowest BCUT2D eigenvalue weighted by Crippen LogP contribution is -2.20. The van der Waals surface area contributed by atoms with E-state index in [1.807, 2.05) is 55.5 Å². The molecule has 1 amide bonds. The van der Waals surface area contributed by atoms with E-state index in [1.165, 1.54) is 0 Å². The minimum atomic E-state index is -0.307. The zero-order chi connectivity index (χ0) is 18.5. The van der Waals surface area contributed by atoms with Gasteiger partial charge < -0.3 is 10.1 Å². The van der Waals surface area contributed by atoms with Gasteiger partial charge in [0.1, 0.15) is 5.75 Å². The first kappa shape index (κ1) is 18.3. The van der Waals surface area contributed by atoms with Crippen LogP contribution in [0.4, 0.5) is 5.69 Å². The zero-order valence-electron chi connectivity index (χ0n) is 14.1. The summed E-state index contributed by atoms with van der Waals surface area (Å²) in [5.41, 5.74) is 3.62. The molecule has 5 heteroatoms. The predicted octanol–water partition coefficient (Wildman–Crippen LogP) is 5.99. The van der Waals surface area contributed by atoms with Crippen LogP contribution in [0.1, 0.15) is 5.56 Å². The van der Waals surface area contributed by atoms with Crippen LogP contribution in [0.25, 0.3) is 11.1 Å². The summed E-state index contributed by atoms with van der Waals surface area (Å²) in [6, 6.07) is 20.8. The van der Waals surface area contributed by atoms with E-state index >= 15 is 0 Å². The maximum atomic E-state index is 12.1. The monoisotopic (exact) mass is 385 g/mol. The van der Waals surface area contributed by atoms with E-state index in [0.717, 1.165) is 16.7 Å². The Morgan fingerprint density at radius 1 is 0.923 bits per heavy atom. The van der Waals surface area contributed by atoms with Gasteiger partial charge in [-0.1, -0.05) is 65.7 Å². The van der Waals surface area contributed by atoms with Gasteiger partial charge in [0.05, 0.1) is 15.7 Å². The summed E-state index contributed by atoms with van der Waals surface area (Å²) in [5, 5.41) is 3.67. The number of anilines is 1. The average Bonchev–Trinajstić information content (AvgIpc) is 2.64. The quantitative estimate of drug-likeness (QED) is 0.585. The number of nitrogens with one attached hydrogen (secondary N) is 1. The van der Waals surface area contributed by atoms with Gasteiger partial charge in [0.15, 0.2) is 6.61 Å². The smallest absolute Gasteiger partial charge is 0.262 e. The van der Waals surface area contributed by atoms with Gasteiger partial charge in [-0.2, -0.15) is 0 Å². The van der Waals surface area contributed by atoms with E-state index in [1.54, 1.807) is 18.2 Å². The molecule has 0 saturated heterocycles. The number of hydrogen-bond acceptors (Lipinski definition) is 2. The summed E-state index contributed by atoms with van der Waals surface area (Å²) in [6.45, 7) is 1.77. The third kappa shape index (κ3) is 4.57. The zero-order valence-corrected chi connectivity index (χ0v) is 15.6. The molecule has 0 aliphatic rings. The number of carbonyl (C=O) groups excluding carboxylic acids is 1. The van der Waals surface area contributed by atoms with Gasteiger partial charge in [-0.3, -0.25) is 4.79 Å². The molecular weight excluding hydrogens is 369 g/mol. The van der Waals surface area contributed by atoms with Crippen molar-refractivity contribution in [3.05, 3.63) is 82.3 Å². The number of ether oxygens (including phenoxy) is 1. The first-order chi connectivity index (χ1) is 12.5. The molecule has 0 unspecified atom stereocenters. The van der Waals surface area contributed by atoms with Crippen LogP contribution in [0.15, 0.2) is 66.7 Å². The third-order valence-electron chi connectivity index (χ3n) is 3.80. The van der Waals surface area contributed by atoms with Gasteiger partial charge in [-0.05, 0) is 47.9 Å². The van der Waals surface area contributed by atoms with Gasteiger partial charge in [-0.15, -0.1) is 0 Å². The highest BCUT2D eigenvalue weighted by Crippen LogP contribution is 2.30. The molecule has 0 bridgehead atoms. The van der Waals surface area contributed by atoms with Gasteiger partial charge in [-0.25, -0.2) is 0 Å². The van der Waals surface area contributed by atoms with Crippen molar-refractivity contribution in [2.75, 3.05) is 11.9 Å². The standard InChI is InChI=1S/C21H17Cl2NO2/c1-14-7-9-19(17(22)11-14)24-21(25)13-26-20-10-8-16(12-18(20)23)15-5-3-2-4-6-15/h2-12H,13H2,1H3,(H,24,25). The molecule has 0 radical (unpaired) electrons. The Bertz CT molecular complexity index is 927. The number of rotatable bonds is 5. The van der Waals surface area contributed by atoms with Gasteiger partial charge in [0.2, 0.25) is 0 Å². The lowest BCUT2D eigenvalue weighted by molar-refractivity contribution is -0.118. The van der Waals surface area contributed by atoms with Crippen molar-refractivity contribution in [3.8, 4) is 16.9 Å². The molecule has 0 aliphatic carbocycles. The maximum absolute atomic E-state index is 12.1. The third-order valence-corrected chi connectivity index (χ3v) is 4.40. The molecule has 3 nitrogen and oxygen atoms in total. The molecule has 3 aromatic rings. The SMILES string of the molecule is Cc1ccc(NC(=O)COc2ccc(-c3ccccc3)cc2Cl)c(Cl)c1. The molecule has 0 saturated carbocycles. The molecule has 0 spiro atoms. The fourth-order valence-corrected chi connectivity index (χ4v) is 3.00. The number of carbonyl (C=O) groups is 1. The molecule has 3 rings (SSSR count). The average molecular weight is 386 g/mol. The normalized spacial score (nSPS) is 10.4. The molecule has 26 heavy (non-hydrogen) atoms. The summed E-state index contributed by atoms with van der Waals surface area (Å²) in [7, 11) is 0. The van der Waals surface area contributed by atoms with E-state index in [-0.39, 0.29) is 12.5 Å². The Hall–Kier alpha value is -2.49. The number of halogens is 2. The molecule has 3 aromatic carbocycles. The van der Waals surface area contributed by atoms with Crippen molar-refractivity contribution in [1.82, 2.24) is 0 Å². The first-order valence-corrected chi connectivity index (χ1v) is 8.82. The van der Waals surface area contributed by atoms with E-state index in [0.29, 0.717) is 21.5 Å². The largest absolute Gasteiger partial charge is 0.482 e. The molecule has 0 atom stereocenters. The van der Waals surface area contributed by atoms with Crippen LogP contribution in [-0.4, -0.2) is 12.5 Å². The summed E-state index contributed by atoms with van der Waals surface area (Å²) in [5.74, 6) is 0.149. The molecule has 0 heterocycles. The minimum Gasteiger partial charge on any atom is -0.482 e. The molecule has 1 N–H and O–H groups in total. The Balaban J connectivity index is 1.63. The summed E-state index contributed by atoms with van der Waals surface area (Å²) >= 11 is 12.4. The van der Waals surface area contributed by atoms with E-state index in [9.17, 15) is 4.79 Å². The second kappa shape index (κ2) is 8.26. The highest BCUT2D eigenvalue weighted by molar-refractivity contribution is 6.33. The second-order valence-corrected chi connectivity index (χ2v) is 6.65. The predicted molar refractivity (Wildman–Crippen MR) is 107 cm³/mol. The number of aryl methyl sites for hydroxylation is 1. The lowest BCUT2D eigenvalue weighted by Gasteiger charge is -2.11. The van der Waals surface area contributed by atoms with Gasteiger partial charge in [0.25, 0.3) is 5.91 Å². The first-order valence-electron chi connectivity index (χ1n) is 8.07. The minimum absolute atomic E-state index is 0.158. The molecule has 132 valence electrons. The fourth-order valence-electron chi connectivity index (χ4n) is 2.48. The van der Waals surface area contributed by atoms with Crippen molar-refractivity contribution in [3.63, 3.8) is 0 Å². The molecule has 0 aliphatic heterocycles. The van der Waals surface area contributed by atoms with Crippen LogP contribution < -0.4 is 10.1 Å². The topological polar surface area (TPSA) is 38.3 Å². The second-order valence-electron chi connectivity index (χ2n) is 5.83. The van der Waals surface area contributed by atoms with Gasteiger partial charge >= 0.3 is 0 Å². The number of hydrogen-bond donors (Lipinski definition) is 1. The summed E-state index contributed by atoms with van der Waals surface area (Å²) in [4.78, 5) is 12.1. The summed E-state index contributed by atoms with van der Waals surface area (Å²) in [6.07, 6.45) is 0. The van der Waals surface area contributed by atoms with Crippen molar-refractivity contribution in [2.45, 2.75) is 6.92 Å². The van der Waals surface area contributed by atoms with Crippen LogP contribution >= 0.6 is 23.2 Å². The van der Waals surface area contributed by atoms with Gasteiger partial charge in [0, 0.05) is 0 Å². The van der Waals surface area contributed by atoms with Crippen LogP contribution in [0, 0.1) is 6.92 Å². The van der Waals surface area contributed by atoms with Crippen LogP contribution in [-0.2, 0) is 4.79 Å².